The molecule has 1 N–H and O–H groups in total. The molecule has 0 saturated heterocycles. The summed E-state index contributed by atoms with van der Waals surface area (Å²) >= 11 is 9.48. The second-order valence-corrected chi connectivity index (χ2v) is 5.65. The zero-order valence-corrected chi connectivity index (χ0v) is 12.8. The SMILES string of the molecule is Clc1cc(Br)cnc1NCc1cccc2cccnc12. The number of anilines is 1. The number of para-hydroxylation sites is 1. The second-order valence-electron chi connectivity index (χ2n) is 4.33. The van der Waals surface area contributed by atoms with Crippen molar-refractivity contribution in [1.29, 1.82) is 0 Å². The summed E-state index contributed by atoms with van der Waals surface area (Å²) in [6.45, 7) is 0.628. The van der Waals surface area contributed by atoms with Crippen molar-refractivity contribution in [2.45, 2.75) is 6.54 Å². The third kappa shape index (κ3) is 2.76. The topological polar surface area (TPSA) is 37.8 Å². The largest absolute Gasteiger partial charge is 0.365 e. The number of halogens is 2. The Morgan fingerprint density at radius 2 is 2.00 bits per heavy atom. The molecule has 0 amide bonds. The minimum atomic E-state index is 0.590. The molecular weight excluding hydrogens is 338 g/mol. The summed E-state index contributed by atoms with van der Waals surface area (Å²) in [5.74, 6) is 0.669. The summed E-state index contributed by atoms with van der Waals surface area (Å²) in [5, 5.41) is 4.96. The minimum Gasteiger partial charge on any atom is -0.365 e. The van der Waals surface area contributed by atoms with Crippen LogP contribution in [0, 0.1) is 0 Å². The van der Waals surface area contributed by atoms with Crippen molar-refractivity contribution in [3.8, 4) is 0 Å². The van der Waals surface area contributed by atoms with E-state index >= 15 is 0 Å². The smallest absolute Gasteiger partial charge is 0.145 e. The van der Waals surface area contributed by atoms with E-state index in [0.29, 0.717) is 17.4 Å². The van der Waals surface area contributed by atoms with Crippen LogP contribution in [0.5, 0.6) is 0 Å². The summed E-state index contributed by atoms with van der Waals surface area (Å²) in [4.78, 5) is 8.69. The zero-order chi connectivity index (χ0) is 13.9. The maximum atomic E-state index is 6.14. The molecule has 0 aliphatic rings. The molecule has 0 unspecified atom stereocenters. The highest BCUT2D eigenvalue weighted by atomic mass is 79.9. The normalized spacial score (nSPS) is 10.7. The van der Waals surface area contributed by atoms with E-state index in [1.54, 1.807) is 12.4 Å². The van der Waals surface area contributed by atoms with Gasteiger partial charge in [0.25, 0.3) is 0 Å². The molecule has 3 nitrogen and oxygen atoms in total. The van der Waals surface area contributed by atoms with Crippen LogP contribution in [-0.4, -0.2) is 9.97 Å². The lowest BCUT2D eigenvalue weighted by atomic mass is 10.1. The van der Waals surface area contributed by atoms with E-state index in [0.717, 1.165) is 20.9 Å². The van der Waals surface area contributed by atoms with Crippen molar-refractivity contribution in [3.05, 3.63) is 63.9 Å². The van der Waals surface area contributed by atoms with E-state index in [2.05, 4.69) is 49.4 Å². The summed E-state index contributed by atoms with van der Waals surface area (Å²) in [6, 6.07) is 11.9. The molecule has 3 aromatic rings. The number of nitrogens with one attached hydrogen (secondary N) is 1. The number of rotatable bonds is 3. The summed E-state index contributed by atoms with van der Waals surface area (Å²) < 4.78 is 0.861. The van der Waals surface area contributed by atoms with Crippen LogP contribution < -0.4 is 5.32 Å². The molecule has 5 heteroatoms. The number of pyridine rings is 2. The van der Waals surface area contributed by atoms with Gasteiger partial charge in [-0.05, 0) is 33.6 Å². The lowest BCUT2D eigenvalue weighted by molar-refractivity contribution is 1.11. The lowest BCUT2D eigenvalue weighted by Gasteiger charge is -2.09. The standard InChI is InChI=1S/C15H11BrClN3/c16-12-7-13(17)15(20-9-12)19-8-11-4-1-3-10-5-2-6-18-14(10)11/h1-7,9H,8H2,(H,19,20). The van der Waals surface area contributed by atoms with Crippen molar-refractivity contribution < 1.29 is 0 Å². The van der Waals surface area contributed by atoms with E-state index in [-0.39, 0.29) is 0 Å². The Kier molecular flexibility index (Phi) is 3.85. The Morgan fingerprint density at radius 1 is 1.15 bits per heavy atom. The van der Waals surface area contributed by atoms with Crippen LogP contribution in [0.25, 0.3) is 10.9 Å². The highest BCUT2D eigenvalue weighted by Crippen LogP contribution is 2.24. The van der Waals surface area contributed by atoms with Gasteiger partial charge in [-0.25, -0.2) is 4.98 Å². The average molecular weight is 349 g/mol. The summed E-state index contributed by atoms with van der Waals surface area (Å²) in [7, 11) is 0. The number of hydrogen-bond acceptors (Lipinski definition) is 3. The molecule has 0 spiro atoms. The van der Waals surface area contributed by atoms with Crippen LogP contribution in [0.15, 0.2) is 53.3 Å². The number of benzene rings is 1. The first-order valence-electron chi connectivity index (χ1n) is 6.11. The van der Waals surface area contributed by atoms with Crippen LogP contribution in [-0.2, 0) is 6.54 Å². The molecule has 0 fully saturated rings. The summed E-state index contributed by atoms with van der Waals surface area (Å²) in [5.41, 5.74) is 2.11. The molecule has 100 valence electrons. The first-order chi connectivity index (χ1) is 9.74. The van der Waals surface area contributed by atoms with E-state index < -0.39 is 0 Å². The van der Waals surface area contributed by atoms with E-state index in [9.17, 15) is 0 Å². The van der Waals surface area contributed by atoms with Crippen LogP contribution in [0.4, 0.5) is 5.82 Å². The van der Waals surface area contributed by atoms with Crippen molar-refractivity contribution in [2.24, 2.45) is 0 Å². The maximum Gasteiger partial charge on any atom is 0.145 e. The van der Waals surface area contributed by atoms with Crippen molar-refractivity contribution in [2.75, 3.05) is 5.32 Å². The minimum absolute atomic E-state index is 0.590. The lowest BCUT2D eigenvalue weighted by Crippen LogP contribution is -2.03. The van der Waals surface area contributed by atoms with Gasteiger partial charge in [-0.15, -0.1) is 0 Å². The molecule has 0 aliphatic carbocycles. The fraction of sp³-hybridized carbons (Fsp3) is 0.0667. The highest BCUT2D eigenvalue weighted by molar-refractivity contribution is 9.10. The highest BCUT2D eigenvalue weighted by Gasteiger charge is 2.05. The molecule has 0 radical (unpaired) electrons. The molecule has 2 aromatic heterocycles. The van der Waals surface area contributed by atoms with Gasteiger partial charge in [-0.1, -0.05) is 35.9 Å². The van der Waals surface area contributed by atoms with Gasteiger partial charge in [0.1, 0.15) is 5.82 Å². The number of fused-ring (bicyclic) bond motifs is 1. The monoisotopic (exact) mass is 347 g/mol. The van der Waals surface area contributed by atoms with Crippen molar-refractivity contribution in [3.63, 3.8) is 0 Å². The van der Waals surface area contributed by atoms with E-state index in [1.807, 2.05) is 18.2 Å². The molecule has 0 saturated carbocycles. The van der Waals surface area contributed by atoms with Gasteiger partial charge < -0.3 is 5.32 Å². The first-order valence-corrected chi connectivity index (χ1v) is 7.29. The van der Waals surface area contributed by atoms with Gasteiger partial charge in [-0.3, -0.25) is 4.98 Å². The predicted octanol–water partition coefficient (Wildman–Crippen LogP) is 4.66. The molecule has 0 atom stereocenters. The zero-order valence-electron chi connectivity index (χ0n) is 10.5. The van der Waals surface area contributed by atoms with Crippen molar-refractivity contribution in [1.82, 2.24) is 9.97 Å². The Labute approximate surface area is 130 Å². The Hall–Kier alpha value is -1.65. The fourth-order valence-corrected chi connectivity index (χ4v) is 2.73. The molecular formula is C15H11BrClN3. The molecule has 20 heavy (non-hydrogen) atoms. The number of hydrogen-bond donors (Lipinski definition) is 1. The number of aromatic nitrogens is 2. The maximum absolute atomic E-state index is 6.14. The predicted molar refractivity (Wildman–Crippen MR) is 86.0 cm³/mol. The Morgan fingerprint density at radius 3 is 2.85 bits per heavy atom. The molecule has 1 aromatic carbocycles. The van der Waals surface area contributed by atoms with Gasteiger partial charge in [0.2, 0.25) is 0 Å². The molecule has 0 bridgehead atoms. The van der Waals surface area contributed by atoms with Crippen LogP contribution in [0.2, 0.25) is 5.02 Å². The fourth-order valence-electron chi connectivity index (χ4n) is 2.03. The molecule has 3 rings (SSSR count). The molecule has 0 aliphatic heterocycles. The van der Waals surface area contributed by atoms with Gasteiger partial charge in [0, 0.05) is 28.8 Å². The molecule has 2 heterocycles. The Balaban J connectivity index is 1.87. The van der Waals surface area contributed by atoms with Crippen LogP contribution >= 0.6 is 27.5 Å². The van der Waals surface area contributed by atoms with Gasteiger partial charge in [0.05, 0.1) is 10.5 Å². The van der Waals surface area contributed by atoms with Gasteiger partial charge in [-0.2, -0.15) is 0 Å². The third-order valence-corrected chi connectivity index (χ3v) is 3.69. The second kappa shape index (κ2) is 5.77. The third-order valence-electron chi connectivity index (χ3n) is 2.97. The first kappa shape index (κ1) is 13.3. The Bertz CT molecular complexity index is 756. The van der Waals surface area contributed by atoms with E-state index in [1.165, 1.54) is 0 Å². The van der Waals surface area contributed by atoms with Crippen LogP contribution in [0.1, 0.15) is 5.56 Å². The number of nitrogens with zero attached hydrogens (tertiary/aromatic N) is 2. The summed E-state index contributed by atoms with van der Waals surface area (Å²) in [6.07, 6.45) is 3.52. The van der Waals surface area contributed by atoms with Gasteiger partial charge >= 0.3 is 0 Å². The van der Waals surface area contributed by atoms with Crippen molar-refractivity contribution >= 4 is 44.3 Å². The quantitative estimate of drug-likeness (QED) is 0.748. The van der Waals surface area contributed by atoms with Crippen LogP contribution in [0.3, 0.4) is 0 Å². The van der Waals surface area contributed by atoms with E-state index in [4.69, 9.17) is 11.6 Å². The van der Waals surface area contributed by atoms with Gasteiger partial charge in [0.15, 0.2) is 0 Å². The average Bonchev–Trinajstić information content (AvgIpc) is 2.46.